The summed E-state index contributed by atoms with van der Waals surface area (Å²) in [6.07, 6.45) is 1.91. The van der Waals surface area contributed by atoms with Crippen molar-refractivity contribution < 1.29 is 9.53 Å². The highest BCUT2D eigenvalue weighted by molar-refractivity contribution is 5.67. The van der Waals surface area contributed by atoms with Crippen LogP contribution in [0.25, 0.3) is 0 Å². The molecule has 128 valence electrons. The zero-order valence-corrected chi connectivity index (χ0v) is 14.2. The molecule has 0 radical (unpaired) electrons. The number of benzene rings is 1. The van der Waals surface area contributed by atoms with Gasteiger partial charge >= 0.3 is 6.09 Å². The molecule has 2 rings (SSSR count). The lowest BCUT2D eigenvalue weighted by Crippen LogP contribution is -2.33. The SMILES string of the molecule is CC(C)(C)OC(=O)NCCc1ccc(Nc2nccc(N)n2)cc1. The maximum Gasteiger partial charge on any atom is 0.407 e. The van der Waals surface area contributed by atoms with E-state index >= 15 is 0 Å². The molecule has 1 amide bonds. The topological polar surface area (TPSA) is 102 Å². The van der Waals surface area contributed by atoms with E-state index in [2.05, 4.69) is 20.6 Å². The fourth-order valence-electron chi connectivity index (χ4n) is 1.94. The van der Waals surface area contributed by atoms with Gasteiger partial charge in [0, 0.05) is 18.4 Å². The van der Waals surface area contributed by atoms with Gasteiger partial charge in [0.05, 0.1) is 0 Å². The van der Waals surface area contributed by atoms with E-state index in [1.54, 1.807) is 12.3 Å². The highest BCUT2D eigenvalue weighted by Gasteiger charge is 2.15. The van der Waals surface area contributed by atoms with Crippen LogP contribution < -0.4 is 16.4 Å². The summed E-state index contributed by atoms with van der Waals surface area (Å²) in [5, 5.41) is 5.82. The van der Waals surface area contributed by atoms with E-state index < -0.39 is 11.7 Å². The van der Waals surface area contributed by atoms with E-state index in [1.165, 1.54) is 0 Å². The lowest BCUT2D eigenvalue weighted by Gasteiger charge is -2.19. The Morgan fingerprint density at radius 3 is 2.54 bits per heavy atom. The molecule has 7 heteroatoms. The molecule has 7 nitrogen and oxygen atoms in total. The maximum absolute atomic E-state index is 11.6. The molecule has 0 saturated carbocycles. The highest BCUT2D eigenvalue weighted by Crippen LogP contribution is 2.14. The molecular formula is C17H23N5O2. The third-order valence-electron chi connectivity index (χ3n) is 2.97. The summed E-state index contributed by atoms with van der Waals surface area (Å²) in [5.41, 5.74) is 7.10. The van der Waals surface area contributed by atoms with Gasteiger partial charge < -0.3 is 21.1 Å². The minimum atomic E-state index is -0.486. The van der Waals surface area contributed by atoms with Crippen LogP contribution in [-0.2, 0) is 11.2 Å². The van der Waals surface area contributed by atoms with Crippen LogP contribution in [0.4, 0.5) is 22.2 Å². The lowest BCUT2D eigenvalue weighted by molar-refractivity contribution is 0.0528. The monoisotopic (exact) mass is 329 g/mol. The molecule has 0 bridgehead atoms. The summed E-state index contributed by atoms with van der Waals surface area (Å²) >= 11 is 0. The van der Waals surface area contributed by atoms with Gasteiger partial charge in [-0.2, -0.15) is 4.98 Å². The summed E-state index contributed by atoms with van der Waals surface area (Å²) < 4.78 is 5.19. The van der Waals surface area contributed by atoms with Crippen molar-refractivity contribution in [2.24, 2.45) is 0 Å². The molecular weight excluding hydrogens is 306 g/mol. The fraction of sp³-hybridized carbons (Fsp3) is 0.353. The Morgan fingerprint density at radius 1 is 1.21 bits per heavy atom. The van der Waals surface area contributed by atoms with Crippen molar-refractivity contribution in [1.29, 1.82) is 0 Å². The van der Waals surface area contributed by atoms with Gasteiger partial charge in [0.1, 0.15) is 11.4 Å². The van der Waals surface area contributed by atoms with E-state index in [-0.39, 0.29) is 0 Å². The Balaban J connectivity index is 1.81. The first-order valence-electron chi connectivity index (χ1n) is 7.73. The second-order valence-corrected chi connectivity index (χ2v) is 6.31. The van der Waals surface area contributed by atoms with Crippen molar-refractivity contribution in [1.82, 2.24) is 15.3 Å². The highest BCUT2D eigenvalue weighted by atomic mass is 16.6. The number of carbonyl (C=O) groups is 1. The van der Waals surface area contributed by atoms with Crippen LogP contribution in [0.5, 0.6) is 0 Å². The number of rotatable bonds is 5. The number of nitrogens with two attached hydrogens (primary N) is 1. The number of nitrogens with one attached hydrogen (secondary N) is 2. The van der Waals surface area contributed by atoms with Gasteiger partial charge in [-0.1, -0.05) is 12.1 Å². The molecule has 0 spiro atoms. The summed E-state index contributed by atoms with van der Waals surface area (Å²) in [6, 6.07) is 9.44. The zero-order chi connectivity index (χ0) is 17.6. The molecule has 1 aromatic heterocycles. The van der Waals surface area contributed by atoms with Crippen molar-refractivity contribution >= 4 is 23.5 Å². The number of carbonyl (C=O) groups excluding carboxylic acids is 1. The van der Waals surface area contributed by atoms with Crippen molar-refractivity contribution in [2.75, 3.05) is 17.6 Å². The standard InChI is InChI=1S/C17H23N5O2/c1-17(2,3)24-16(23)20-10-8-12-4-6-13(7-5-12)21-15-19-11-9-14(18)22-15/h4-7,9,11H,8,10H2,1-3H3,(H,20,23)(H3,18,19,21,22). The molecule has 24 heavy (non-hydrogen) atoms. The normalized spacial score (nSPS) is 11.0. The van der Waals surface area contributed by atoms with Gasteiger partial charge in [-0.3, -0.25) is 0 Å². The summed E-state index contributed by atoms with van der Waals surface area (Å²) in [4.78, 5) is 19.7. The second-order valence-electron chi connectivity index (χ2n) is 6.31. The summed E-state index contributed by atoms with van der Waals surface area (Å²) in [7, 11) is 0. The fourth-order valence-corrected chi connectivity index (χ4v) is 1.94. The molecule has 0 atom stereocenters. The third-order valence-corrected chi connectivity index (χ3v) is 2.97. The average molecular weight is 329 g/mol. The van der Waals surface area contributed by atoms with Crippen LogP contribution >= 0.6 is 0 Å². The number of ether oxygens (including phenoxy) is 1. The number of hydrogen-bond acceptors (Lipinski definition) is 6. The van der Waals surface area contributed by atoms with Crippen molar-refractivity contribution in [3.8, 4) is 0 Å². The van der Waals surface area contributed by atoms with Gasteiger partial charge in [0.2, 0.25) is 5.95 Å². The number of aromatic nitrogens is 2. The predicted molar refractivity (Wildman–Crippen MR) is 94.1 cm³/mol. The smallest absolute Gasteiger partial charge is 0.407 e. The van der Waals surface area contributed by atoms with Gasteiger partial charge in [-0.05, 0) is 51.0 Å². The quantitative estimate of drug-likeness (QED) is 0.779. The molecule has 2 aromatic rings. The zero-order valence-electron chi connectivity index (χ0n) is 14.2. The molecule has 0 aliphatic rings. The number of nitrogen functional groups attached to an aromatic ring is 1. The molecule has 0 unspecified atom stereocenters. The maximum atomic E-state index is 11.6. The summed E-state index contributed by atoms with van der Waals surface area (Å²) in [5.74, 6) is 0.867. The molecule has 4 N–H and O–H groups in total. The lowest BCUT2D eigenvalue weighted by atomic mass is 10.1. The van der Waals surface area contributed by atoms with Crippen LogP contribution in [0.3, 0.4) is 0 Å². The Hall–Kier alpha value is -2.83. The first-order valence-corrected chi connectivity index (χ1v) is 7.73. The number of anilines is 3. The molecule has 1 aromatic carbocycles. The third kappa shape index (κ3) is 6.12. The number of hydrogen-bond donors (Lipinski definition) is 3. The number of amides is 1. The number of alkyl carbamates (subject to hydrolysis) is 1. The van der Waals surface area contributed by atoms with E-state index in [0.29, 0.717) is 24.7 Å². The summed E-state index contributed by atoms with van der Waals surface area (Å²) in [6.45, 7) is 6.02. The van der Waals surface area contributed by atoms with Gasteiger partial charge in [-0.25, -0.2) is 9.78 Å². The van der Waals surface area contributed by atoms with E-state index in [4.69, 9.17) is 10.5 Å². The predicted octanol–water partition coefficient (Wildman–Crippen LogP) is 2.87. The van der Waals surface area contributed by atoms with Crippen LogP contribution in [0, 0.1) is 0 Å². The second kappa shape index (κ2) is 7.63. The molecule has 0 saturated heterocycles. The largest absolute Gasteiger partial charge is 0.444 e. The molecule has 1 heterocycles. The molecule has 0 fully saturated rings. The van der Waals surface area contributed by atoms with E-state index in [0.717, 1.165) is 11.3 Å². The van der Waals surface area contributed by atoms with Crippen LogP contribution in [0.15, 0.2) is 36.5 Å². The van der Waals surface area contributed by atoms with Crippen molar-refractivity contribution in [3.05, 3.63) is 42.1 Å². The first kappa shape index (κ1) is 17.5. The van der Waals surface area contributed by atoms with E-state index in [1.807, 2.05) is 45.0 Å². The van der Waals surface area contributed by atoms with Gasteiger partial charge in [0.25, 0.3) is 0 Å². The minimum Gasteiger partial charge on any atom is -0.444 e. The Kier molecular flexibility index (Phi) is 5.57. The van der Waals surface area contributed by atoms with E-state index in [9.17, 15) is 4.79 Å². The van der Waals surface area contributed by atoms with Crippen LogP contribution in [0.1, 0.15) is 26.3 Å². The Labute approximate surface area is 141 Å². The van der Waals surface area contributed by atoms with Crippen LogP contribution in [-0.4, -0.2) is 28.2 Å². The minimum absolute atomic E-state index is 0.403. The molecule has 0 aliphatic heterocycles. The number of nitrogens with zero attached hydrogens (tertiary/aromatic N) is 2. The Bertz CT molecular complexity index is 680. The van der Waals surface area contributed by atoms with Crippen LogP contribution in [0.2, 0.25) is 0 Å². The van der Waals surface area contributed by atoms with Gasteiger partial charge in [-0.15, -0.1) is 0 Å². The molecule has 0 aliphatic carbocycles. The van der Waals surface area contributed by atoms with Crippen molar-refractivity contribution in [3.63, 3.8) is 0 Å². The van der Waals surface area contributed by atoms with Crippen molar-refractivity contribution in [2.45, 2.75) is 32.8 Å². The Morgan fingerprint density at radius 2 is 1.92 bits per heavy atom. The first-order chi connectivity index (χ1) is 11.3. The van der Waals surface area contributed by atoms with Gasteiger partial charge in [0.15, 0.2) is 0 Å². The average Bonchev–Trinajstić information content (AvgIpc) is 2.47.